The van der Waals surface area contributed by atoms with E-state index in [9.17, 15) is 10.1 Å². The van der Waals surface area contributed by atoms with E-state index in [0.717, 1.165) is 90.1 Å². The van der Waals surface area contributed by atoms with Crippen LogP contribution in [0.2, 0.25) is 0 Å². The van der Waals surface area contributed by atoms with Gasteiger partial charge in [0, 0.05) is 64.3 Å². The fourth-order valence-corrected chi connectivity index (χ4v) is 6.56. The minimum absolute atomic E-state index is 0.00280. The number of carbonyl (C=O) groups excluding carboxylic acids is 1. The summed E-state index contributed by atoms with van der Waals surface area (Å²) in [6, 6.07) is 12.9. The van der Waals surface area contributed by atoms with Gasteiger partial charge in [-0.05, 0) is 42.7 Å². The van der Waals surface area contributed by atoms with Gasteiger partial charge in [0.15, 0.2) is 5.78 Å². The number of piperidine rings is 1. The number of benzene rings is 2. The molecule has 6 rings (SSSR count). The summed E-state index contributed by atoms with van der Waals surface area (Å²) in [4.78, 5) is 22.2. The summed E-state index contributed by atoms with van der Waals surface area (Å²) >= 11 is 3.54. The Kier molecular flexibility index (Phi) is 5.52. The molecule has 180 valence electrons. The van der Waals surface area contributed by atoms with Crippen LogP contribution in [0, 0.1) is 11.3 Å². The van der Waals surface area contributed by atoms with Gasteiger partial charge in [0.1, 0.15) is 6.07 Å². The molecule has 2 aromatic carbocycles. The molecule has 0 bridgehead atoms. The molecule has 6 nitrogen and oxygen atoms in total. The first-order valence-electron chi connectivity index (χ1n) is 12.4. The van der Waals surface area contributed by atoms with Crippen molar-refractivity contribution in [2.75, 3.05) is 44.3 Å². The number of aromatic amines is 1. The third-order valence-corrected chi connectivity index (χ3v) is 8.65. The monoisotopic (exact) mass is 532 g/mol. The Balaban J connectivity index is 1.37. The van der Waals surface area contributed by atoms with E-state index in [1.807, 2.05) is 24.3 Å². The topological polar surface area (TPSA) is 72.4 Å². The maximum atomic E-state index is 13.8. The molecular weight excluding hydrogens is 504 g/mol. The van der Waals surface area contributed by atoms with Gasteiger partial charge in [0.2, 0.25) is 0 Å². The minimum atomic E-state index is -0.390. The number of morpholine rings is 1. The highest BCUT2D eigenvalue weighted by molar-refractivity contribution is 9.10. The highest BCUT2D eigenvalue weighted by Crippen LogP contribution is 2.46. The molecule has 2 aliphatic heterocycles. The first-order valence-corrected chi connectivity index (χ1v) is 13.2. The van der Waals surface area contributed by atoms with Crippen LogP contribution < -0.4 is 4.90 Å². The number of hydrogen-bond donors (Lipinski definition) is 1. The molecule has 0 amide bonds. The fourth-order valence-electron chi connectivity index (χ4n) is 6.20. The van der Waals surface area contributed by atoms with Crippen molar-refractivity contribution in [3.8, 4) is 6.07 Å². The van der Waals surface area contributed by atoms with Crippen molar-refractivity contribution >= 4 is 38.3 Å². The summed E-state index contributed by atoms with van der Waals surface area (Å²) in [6.07, 6.45) is 2.15. The van der Waals surface area contributed by atoms with Crippen molar-refractivity contribution in [2.45, 2.75) is 38.1 Å². The van der Waals surface area contributed by atoms with Crippen LogP contribution in [0.5, 0.6) is 0 Å². The summed E-state index contributed by atoms with van der Waals surface area (Å²) in [5, 5.41) is 11.0. The third kappa shape index (κ3) is 3.62. The standard InChI is InChI=1S/C28H29BrN4O2/c1-28(2)22-15-24(33-7-5-19(6-8-33)32-9-11-35-12-10-32)17(16-30)13-21(22)26(34)25-20-4-3-18(29)14-23(20)31-27(25)28/h3-4,13-15,19,31H,5-12H2,1-2H3. The minimum Gasteiger partial charge on any atom is -0.379 e. The lowest BCUT2D eigenvalue weighted by Gasteiger charge is -2.41. The van der Waals surface area contributed by atoms with Crippen molar-refractivity contribution < 1.29 is 9.53 Å². The van der Waals surface area contributed by atoms with Gasteiger partial charge in [0.25, 0.3) is 0 Å². The molecule has 0 spiro atoms. The van der Waals surface area contributed by atoms with Crippen LogP contribution in [0.3, 0.4) is 0 Å². The summed E-state index contributed by atoms with van der Waals surface area (Å²) in [6.45, 7) is 9.81. The number of nitrogens with one attached hydrogen (secondary N) is 1. The van der Waals surface area contributed by atoms with E-state index in [2.05, 4.69) is 56.7 Å². The Morgan fingerprint density at radius 3 is 2.57 bits per heavy atom. The molecule has 1 aromatic heterocycles. The molecule has 2 saturated heterocycles. The van der Waals surface area contributed by atoms with Gasteiger partial charge < -0.3 is 14.6 Å². The van der Waals surface area contributed by atoms with Crippen LogP contribution in [0.15, 0.2) is 34.8 Å². The molecule has 35 heavy (non-hydrogen) atoms. The first kappa shape index (κ1) is 22.8. The van der Waals surface area contributed by atoms with Crippen molar-refractivity contribution in [1.29, 1.82) is 5.26 Å². The van der Waals surface area contributed by atoms with Crippen LogP contribution in [0.25, 0.3) is 10.9 Å². The second-order valence-electron chi connectivity index (χ2n) is 10.4. The first-order chi connectivity index (χ1) is 16.9. The number of nitrogens with zero attached hydrogens (tertiary/aromatic N) is 3. The van der Waals surface area contributed by atoms with E-state index in [4.69, 9.17) is 4.74 Å². The van der Waals surface area contributed by atoms with Crippen LogP contribution in [-0.2, 0) is 10.2 Å². The lowest BCUT2D eigenvalue weighted by atomic mass is 9.70. The number of aromatic nitrogens is 1. The van der Waals surface area contributed by atoms with E-state index >= 15 is 0 Å². The number of rotatable bonds is 2. The van der Waals surface area contributed by atoms with Gasteiger partial charge in [-0.15, -0.1) is 0 Å². The van der Waals surface area contributed by atoms with Gasteiger partial charge in [0.05, 0.1) is 30.0 Å². The predicted octanol–water partition coefficient (Wildman–Crippen LogP) is 4.97. The second kappa shape index (κ2) is 8.48. The lowest BCUT2D eigenvalue weighted by molar-refractivity contribution is 0.0115. The SMILES string of the molecule is CC1(C)c2cc(N3CCC(N4CCOCC4)CC3)c(C#N)cc2C(=O)c2c1[nH]c1cc(Br)ccc21. The van der Waals surface area contributed by atoms with Crippen LogP contribution in [0.1, 0.15) is 59.4 Å². The number of anilines is 1. The maximum Gasteiger partial charge on any atom is 0.195 e. The van der Waals surface area contributed by atoms with Gasteiger partial charge >= 0.3 is 0 Å². The quantitative estimate of drug-likeness (QED) is 0.504. The Morgan fingerprint density at radius 1 is 1.11 bits per heavy atom. The van der Waals surface area contributed by atoms with Crippen molar-refractivity contribution in [3.05, 3.63) is 62.8 Å². The van der Waals surface area contributed by atoms with Crippen molar-refractivity contribution in [2.24, 2.45) is 0 Å². The molecule has 0 radical (unpaired) electrons. The summed E-state index contributed by atoms with van der Waals surface area (Å²) < 4.78 is 6.49. The Hall–Kier alpha value is -2.66. The molecule has 2 fully saturated rings. The maximum absolute atomic E-state index is 13.8. The number of halogens is 1. The molecule has 3 aliphatic rings. The number of fused-ring (bicyclic) bond motifs is 4. The Morgan fingerprint density at radius 2 is 1.86 bits per heavy atom. The Labute approximate surface area is 214 Å². The van der Waals surface area contributed by atoms with Crippen LogP contribution in [-0.4, -0.2) is 61.1 Å². The average molecular weight is 533 g/mol. The third-order valence-electron chi connectivity index (χ3n) is 8.15. The van der Waals surface area contributed by atoms with Gasteiger partial charge in [-0.1, -0.05) is 35.8 Å². The average Bonchev–Trinajstić information content (AvgIpc) is 3.27. The highest BCUT2D eigenvalue weighted by Gasteiger charge is 2.41. The predicted molar refractivity (Wildman–Crippen MR) is 140 cm³/mol. The molecule has 7 heteroatoms. The van der Waals surface area contributed by atoms with Crippen LogP contribution in [0.4, 0.5) is 5.69 Å². The van der Waals surface area contributed by atoms with E-state index in [0.29, 0.717) is 17.2 Å². The van der Waals surface area contributed by atoms with Gasteiger partial charge in [-0.2, -0.15) is 5.26 Å². The van der Waals surface area contributed by atoms with Crippen molar-refractivity contribution in [1.82, 2.24) is 9.88 Å². The molecule has 3 heterocycles. The van der Waals surface area contributed by atoms with E-state index < -0.39 is 0 Å². The number of nitriles is 1. The van der Waals surface area contributed by atoms with Crippen LogP contribution >= 0.6 is 15.9 Å². The molecule has 0 atom stereocenters. The van der Waals surface area contributed by atoms with E-state index in [1.54, 1.807) is 0 Å². The van der Waals surface area contributed by atoms with E-state index in [1.165, 1.54) is 0 Å². The molecule has 3 aromatic rings. The molecule has 1 aliphatic carbocycles. The summed E-state index contributed by atoms with van der Waals surface area (Å²) in [5.74, 6) is -0.00280. The van der Waals surface area contributed by atoms with E-state index in [-0.39, 0.29) is 11.2 Å². The zero-order valence-electron chi connectivity index (χ0n) is 20.2. The molecule has 0 unspecified atom stereocenters. The number of ether oxygens (including phenoxy) is 1. The summed E-state index contributed by atoms with van der Waals surface area (Å²) in [7, 11) is 0. The zero-order valence-corrected chi connectivity index (χ0v) is 21.7. The second-order valence-corrected chi connectivity index (χ2v) is 11.3. The highest BCUT2D eigenvalue weighted by atomic mass is 79.9. The summed E-state index contributed by atoms with van der Waals surface area (Å²) in [5.41, 5.74) is 5.42. The lowest BCUT2D eigenvalue weighted by Crippen LogP contribution is -2.49. The Bertz CT molecular complexity index is 1370. The number of H-pyrrole nitrogens is 1. The van der Waals surface area contributed by atoms with Gasteiger partial charge in [-0.25, -0.2) is 0 Å². The largest absolute Gasteiger partial charge is 0.379 e. The smallest absolute Gasteiger partial charge is 0.195 e. The molecular formula is C28H29BrN4O2. The number of hydrogen-bond acceptors (Lipinski definition) is 5. The normalized spacial score (nSPS) is 20.5. The van der Waals surface area contributed by atoms with Crippen molar-refractivity contribution in [3.63, 3.8) is 0 Å². The fraction of sp³-hybridized carbons (Fsp3) is 0.429. The number of ketones is 1. The number of carbonyl (C=O) groups is 1. The molecule has 1 N–H and O–H groups in total. The molecule has 0 saturated carbocycles. The van der Waals surface area contributed by atoms with Gasteiger partial charge in [-0.3, -0.25) is 9.69 Å². The zero-order chi connectivity index (χ0) is 24.3.